The van der Waals surface area contributed by atoms with Gasteiger partial charge in [0.25, 0.3) is 0 Å². The lowest BCUT2D eigenvalue weighted by Gasteiger charge is -2.19. The normalized spacial score (nSPS) is 12.4. The summed E-state index contributed by atoms with van der Waals surface area (Å²) in [6, 6.07) is 10.9. The average Bonchev–Trinajstić information content (AvgIpc) is 2.40. The zero-order chi connectivity index (χ0) is 14.7. The number of nitrogens with one attached hydrogen (secondary N) is 1. The molecular formula is C14H12BrCl3N2. The van der Waals surface area contributed by atoms with Crippen molar-refractivity contribution in [1.29, 1.82) is 0 Å². The second kappa shape index (κ2) is 7.12. The number of benzene rings is 2. The maximum absolute atomic E-state index is 6.26. The molecule has 0 aromatic heterocycles. The third kappa shape index (κ3) is 3.67. The van der Waals surface area contributed by atoms with Gasteiger partial charge in [0.05, 0.1) is 6.04 Å². The summed E-state index contributed by atoms with van der Waals surface area (Å²) in [5.41, 5.74) is 4.51. The van der Waals surface area contributed by atoms with Gasteiger partial charge < -0.3 is 0 Å². The van der Waals surface area contributed by atoms with Crippen molar-refractivity contribution < 1.29 is 0 Å². The fraction of sp³-hybridized carbons (Fsp3) is 0.143. The van der Waals surface area contributed by atoms with Crippen LogP contribution in [-0.2, 0) is 6.42 Å². The van der Waals surface area contributed by atoms with Gasteiger partial charge in [-0.1, -0.05) is 62.9 Å². The van der Waals surface area contributed by atoms with Crippen LogP contribution in [0.15, 0.2) is 40.9 Å². The van der Waals surface area contributed by atoms with E-state index in [-0.39, 0.29) is 6.04 Å². The van der Waals surface area contributed by atoms with Crippen LogP contribution >= 0.6 is 50.7 Å². The van der Waals surface area contributed by atoms with Gasteiger partial charge in [-0.3, -0.25) is 11.3 Å². The molecule has 20 heavy (non-hydrogen) atoms. The van der Waals surface area contributed by atoms with Crippen LogP contribution in [0.2, 0.25) is 15.1 Å². The Kier molecular flexibility index (Phi) is 5.73. The molecule has 0 radical (unpaired) electrons. The van der Waals surface area contributed by atoms with Crippen molar-refractivity contribution in [3.05, 3.63) is 67.1 Å². The zero-order valence-corrected chi connectivity index (χ0v) is 14.2. The highest BCUT2D eigenvalue weighted by Crippen LogP contribution is 2.32. The van der Waals surface area contributed by atoms with Crippen molar-refractivity contribution in [2.24, 2.45) is 5.84 Å². The Morgan fingerprint density at radius 3 is 2.25 bits per heavy atom. The predicted octanol–water partition coefficient (Wildman–Crippen LogP) is 5.16. The van der Waals surface area contributed by atoms with E-state index in [1.54, 1.807) is 12.1 Å². The molecule has 0 aliphatic rings. The van der Waals surface area contributed by atoms with E-state index in [2.05, 4.69) is 21.4 Å². The quantitative estimate of drug-likeness (QED) is 0.555. The Morgan fingerprint density at radius 2 is 1.70 bits per heavy atom. The average molecular weight is 395 g/mol. The summed E-state index contributed by atoms with van der Waals surface area (Å²) in [5.74, 6) is 5.65. The molecule has 0 heterocycles. The fourth-order valence-electron chi connectivity index (χ4n) is 1.97. The number of halogens is 4. The highest BCUT2D eigenvalue weighted by atomic mass is 79.9. The smallest absolute Gasteiger partial charge is 0.0516 e. The van der Waals surface area contributed by atoms with Crippen LogP contribution in [-0.4, -0.2) is 0 Å². The van der Waals surface area contributed by atoms with Gasteiger partial charge in [-0.2, -0.15) is 0 Å². The molecule has 0 fully saturated rings. The van der Waals surface area contributed by atoms with Gasteiger partial charge in [-0.25, -0.2) is 0 Å². The van der Waals surface area contributed by atoms with Gasteiger partial charge in [0, 0.05) is 19.5 Å². The molecule has 106 valence electrons. The molecule has 6 heteroatoms. The summed E-state index contributed by atoms with van der Waals surface area (Å²) >= 11 is 22.0. The van der Waals surface area contributed by atoms with Crippen LogP contribution in [0, 0.1) is 0 Å². The number of nitrogens with two attached hydrogens (primary N) is 1. The van der Waals surface area contributed by atoms with Gasteiger partial charge >= 0.3 is 0 Å². The van der Waals surface area contributed by atoms with Crippen molar-refractivity contribution in [1.82, 2.24) is 5.43 Å². The number of hydrogen-bond acceptors (Lipinski definition) is 2. The van der Waals surface area contributed by atoms with Crippen molar-refractivity contribution in [2.45, 2.75) is 12.5 Å². The van der Waals surface area contributed by atoms with Gasteiger partial charge in [0.15, 0.2) is 0 Å². The zero-order valence-electron chi connectivity index (χ0n) is 10.3. The van der Waals surface area contributed by atoms with Crippen LogP contribution in [0.25, 0.3) is 0 Å². The third-order valence-corrected chi connectivity index (χ3v) is 4.54. The lowest BCUT2D eigenvalue weighted by molar-refractivity contribution is 0.552. The van der Waals surface area contributed by atoms with E-state index < -0.39 is 0 Å². The molecule has 0 spiro atoms. The minimum absolute atomic E-state index is 0.173. The Bertz CT molecular complexity index is 599. The minimum atomic E-state index is -0.173. The van der Waals surface area contributed by atoms with Crippen molar-refractivity contribution in [3.8, 4) is 0 Å². The van der Waals surface area contributed by atoms with Crippen LogP contribution in [0.3, 0.4) is 0 Å². The van der Waals surface area contributed by atoms with E-state index in [0.717, 1.165) is 15.6 Å². The summed E-state index contributed by atoms with van der Waals surface area (Å²) in [6.45, 7) is 0. The molecule has 1 unspecified atom stereocenters. The summed E-state index contributed by atoms with van der Waals surface area (Å²) in [5, 5.41) is 1.86. The lowest BCUT2D eigenvalue weighted by atomic mass is 9.99. The van der Waals surface area contributed by atoms with E-state index in [4.69, 9.17) is 40.6 Å². The number of rotatable bonds is 4. The van der Waals surface area contributed by atoms with Crippen LogP contribution < -0.4 is 11.3 Å². The lowest BCUT2D eigenvalue weighted by Crippen LogP contribution is -2.30. The Balaban J connectivity index is 2.34. The van der Waals surface area contributed by atoms with E-state index in [0.29, 0.717) is 21.5 Å². The summed E-state index contributed by atoms with van der Waals surface area (Å²) < 4.78 is 0.915. The molecule has 2 rings (SSSR count). The largest absolute Gasteiger partial charge is 0.271 e. The molecule has 0 saturated carbocycles. The maximum atomic E-state index is 6.26. The third-order valence-electron chi connectivity index (χ3n) is 3.01. The minimum Gasteiger partial charge on any atom is -0.271 e. The Labute approximate surface area is 141 Å². The molecule has 2 aromatic rings. The Morgan fingerprint density at radius 1 is 1.05 bits per heavy atom. The highest BCUT2D eigenvalue weighted by Gasteiger charge is 2.17. The number of hydrogen-bond donors (Lipinski definition) is 2. The monoisotopic (exact) mass is 392 g/mol. The first-order valence-electron chi connectivity index (χ1n) is 5.87. The van der Waals surface area contributed by atoms with Gasteiger partial charge in [0.1, 0.15) is 0 Å². The molecule has 0 aliphatic carbocycles. The summed E-state index contributed by atoms with van der Waals surface area (Å²) in [4.78, 5) is 0. The van der Waals surface area contributed by atoms with Gasteiger partial charge in [-0.15, -0.1) is 0 Å². The van der Waals surface area contributed by atoms with Crippen molar-refractivity contribution in [3.63, 3.8) is 0 Å². The molecule has 0 amide bonds. The molecular weight excluding hydrogens is 382 g/mol. The second-order valence-electron chi connectivity index (χ2n) is 4.29. The Hall–Kier alpha value is -0.290. The SMILES string of the molecule is NNC(Cc1c(Cl)cccc1Cl)c1ccc(Br)cc1Cl. The maximum Gasteiger partial charge on any atom is 0.0516 e. The molecule has 1 atom stereocenters. The molecule has 0 aliphatic heterocycles. The topological polar surface area (TPSA) is 38.0 Å². The van der Waals surface area contributed by atoms with E-state index in [1.807, 2.05) is 24.3 Å². The molecule has 2 aromatic carbocycles. The van der Waals surface area contributed by atoms with Crippen molar-refractivity contribution >= 4 is 50.7 Å². The van der Waals surface area contributed by atoms with Crippen LogP contribution in [0.1, 0.15) is 17.2 Å². The van der Waals surface area contributed by atoms with Gasteiger partial charge in [-0.05, 0) is 41.8 Å². The molecule has 0 saturated heterocycles. The molecule has 2 nitrogen and oxygen atoms in total. The summed E-state index contributed by atoms with van der Waals surface area (Å²) in [6.07, 6.45) is 0.552. The first-order chi connectivity index (χ1) is 9.52. The second-order valence-corrected chi connectivity index (χ2v) is 6.43. The van der Waals surface area contributed by atoms with E-state index in [1.165, 1.54) is 0 Å². The first kappa shape index (κ1) is 16.1. The van der Waals surface area contributed by atoms with Crippen LogP contribution in [0.5, 0.6) is 0 Å². The first-order valence-corrected chi connectivity index (χ1v) is 7.79. The standard InChI is InChI=1S/C14H12BrCl3N2/c15-8-4-5-9(13(18)6-8)14(20-19)7-10-11(16)2-1-3-12(10)17/h1-6,14,20H,7,19H2. The van der Waals surface area contributed by atoms with Gasteiger partial charge in [0.2, 0.25) is 0 Å². The fourth-order valence-corrected chi connectivity index (χ4v) is 3.33. The van der Waals surface area contributed by atoms with Crippen LogP contribution in [0.4, 0.5) is 0 Å². The summed E-state index contributed by atoms with van der Waals surface area (Å²) in [7, 11) is 0. The predicted molar refractivity (Wildman–Crippen MR) is 89.4 cm³/mol. The number of hydrazine groups is 1. The highest BCUT2D eigenvalue weighted by molar-refractivity contribution is 9.10. The molecule has 3 N–H and O–H groups in total. The van der Waals surface area contributed by atoms with E-state index >= 15 is 0 Å². The van der Waals surface area contributed by atoms with Crippen molar-refractivity contribution in [2.75, 3.05) is 0 Å². The van der Waals surface area contributed by atoms with E-state index in [9.17, 15) is 0 Å². The molecule has 0 bridgehead atoms.